The molecule has 2 fully saturated rings. The maximum absolute atomic E-state index is 13.2. The molecule has 32 heavy (non-hydrogen) atoms. The molecule has 8 nitrogen and oxygen atoms in total. The summed E-state index contributed by atoms with van der Waals surface area (Å²) < 4.78 is 7.14. The van der Waals surface area contributed by atoms with Gasteiger partial charge in [0.1, 0.15) is 6.04 Å². The van der Waals surface area contributed by atoms with E-state index in [1.54, 1.807) is 17.0 Å². The van der Waals surface area contributed by atoms with Crippen molar-refractivity contribution in [2.24, 2.45) is 0 Å². The molecule has 5 rings (SSSR count). The third-order valence-electron chi connectivity index (χ3n) is 6.28. The Morgan fingerprint density at radius 3 is 2.56 bits per heavy atom. The number of carbonyl (C=O) groups is 2. The van der Waals surface area contributed by atoms with Gasteiger partial charge in [-0.2, -0.15) is 5.10 Å². The molecule has 1 atom stereocenters. The summed E-state index contributed by atoms with van der Waals surface area (Å²) in [6.07, 6.45) is 7.01. The fourth-order valence-electron chi connectivity index (χ4n) is 4.57. The van der Waals surface area contributed by atoms with E-state index in [4.69, 9.17) is 4.42 Å². The first kappa shape index (κ1) is 20.5. The van der Waals surface area contributed by atoms with E-state index in [9.17, 15) is 9.59 Å². The molecule has 0 aliphatic carbocycles. The number of furan rings is 1. The monoisotopic (exact) mass is 433 g/mol. The Morgan fingerprint density at radius 1 is 1.00 bits per heavy atom. The van der Waals surface area contributed by atoms with Crippen LogP contribution in [0.2, 0.25) is 0 Å². The van der Waals surface area contributed by atoms with E-state index in [1.165, 1.54) is 6.26 Å². The summed E-state index contributed by atoms with van der Waals surface area (Å²) in [6, 6.07) is 13.0. The number of carbonyl (C=O) groups excluding carboxylic acids is 2. The van der Waals surface area contributed by atoms with Gasteiger partial charge < -0.3 is 14.2 Å². The number of hydrogen-bond donors (Lipinski definition) is 0. The van der Waals surface area contributed by atoms with E-state index < -0.39 is 0 Å². The highest BCUT2D eigenvalue weighted by Crippen LogP contribution is 2.23. The highest BCUT2D eigenvalue weighted by molar-refractivity contribution is 5.96. The van der Waals surface area contributed by atoms with E-state index >= 15 is 0 Å². The molecule has 1 aromatic carbocycles. The maximum atomic E-state index is 13.2. The number of nitrogens with zero attached hydrogens (tertiary/aromatic N) is 5. The average molecular weight is 434 g/mol. The summed E-state index contributed by atoms with van der Waals surface area (Å²) >= 11 is 0. The Bertz CT molecular complexity index is 1050. The van der Waals surface area contributed by atoms with Gasteiger partial charge in [-0.3, -0.25) is 14.5 Å². The summed E-state index contributed by atoms with van der Waals surface area (Å²) in [5.74, 6) is 0.157. The van der Waals surface area contributed by atoms with Crippen LogP contribution in [0.25, 0.3) is 5.69 Å². The lowest BCUT2D eigenvalue weighted by Gasteiger charge is -2.37. The van der Waals surface area contributed by atoms with Gasteiger partial charge >= 0.3 is 0 Å². The highest BCUT2D eigenvalue weighted by Gasteiger charge is 2.38. The minimum atomic E-state index is -0.386. The van der Waals surface area contributed by atoms with Gasteiger partial charge in [0.15, 0.2) is 5.76 Å². The fraction of sp³-hybridized carbons (Fsp3) is 0.375. The van der Waals surface area contributed by atoms with Gasteiger partial charge in [0.2, 0.25) is 5.91 Å². The zero-order valence-corrected chi connectivity index (χ0v) is 18.0. The first-order chi connectivity index (χ1) is 15.7. The molecular weight excluding hydrogens is 406 g/mol. The first-order valence-electron chi connectivity index (χ1n) is 11.1. The Kier molecular flexibility index (Phi) is 5.77. The SMILES string of the molecule is O=C(C1CCCN1C(=O)c1ccco1)N1CCN(Cc2cnn(-c3ccccc3)c2)CC1. The third kappa shape index (κ3) is 4.18. The van der Waals surface area contributed by atoms with E-state index in [2.05, 4.69) is 16.2 Å². The van der Waals surface area contributed by atoms with E-state index in [1.807, 2.05) is 46.1 Å². The lowest BCUT2D eigenvalue weighted by atomic mass is 10.1. The van der Waals surface area contributed by atoms with Crippen LogP contribution < -0.4 is 0 Å². The van der Waals surface area contributed by atoms with Gasteiger partial charge in [-0.15, -0.1) is 0 Å². The van der Waals surface area contributed by atoms with Crippen molar-refractivity contribution >= 4 is 11.8 Å². The molecule has 3 aromatic rings. The molecule has 2 aliphatic heterocycles. The molecule has 2 saturated heterocycles. The molecule has 2 aliphatic rings. The van der Waals surface area contributed by atoms with Crippen LogP contribution in [0.5, 0.6) is 0 Å². The highest BCUT2D eigenvalue weighted by atomic mass is 16.3. The van der Waals surface area contributed by atoms with Crippen LogP contribution in [0.15, 0.2) is 65.5 Å². The number of aromatic nitrogens is 2. The number of rotatable bonds is 5. The van der Waals surface area contributed by atoms with Gasteiger partial charge in [0.25, 0.3) is 5.91 Å². The molecule has 1 unspecified atom stereocenters. The van der Waals surface area contributed by atoms with Gasteiger partial charge in [-0.25, -0.2) is 4.68 Å². The van der Waals surface area contributed by atoms with Gasteiger partial charge in [-0.05, 0) is 37.1 Å². The van der Waals surface area contributed by atoms with Crippen LogP contribution in [0.1, 0.15) is 29.0 Å². The summed E-state index contributed by atoms with van der Waals surface area (Å²) in [6.45, 7) is 4.36. The van der Waals surface area contributed by atoms with Crippen molar-refractivity contribution < 1.29 is 14.0 Å². The lowest BCUT2D eigenvalue weighted by molar-refractivity contribution is -0.137. The van der Waals surface area contributed by atoms with Crippen molar-refractivity contribution in [1.29, 1.82) is 0 Å². The van der Waals surface area contributed by atoms with Crippen molar-refractivity contribution in [2.45, 2.75) is 25.4 Å². The zero-order valence-electron chi connectivity index (χ0n) is 18.0. The smallest absolute Gasteiger partial charge is 0.290 e. The molecule has 0 N–H and O–H groups in total. The zero-order chi connectivity index (χ0) is 21.9. The molecule has 0 bridgehead atoms. The van der Waals surface area contributed by atoms with Crippen LogP contribution in [0.3, 0.4) is 0 Å². The normalized spacial score (nSPS) is 19.4. The first-order valence-corrected chi connectivity index (χ1v) is 11.1. The Labute approximate surface area is 187 Å². The number of likely N-dealkylation sites (tertiary alicyclic amines) is 1. The minimum absolute atomic E-state index is 0.0546. The van der Waals surface area contributed by atoms with E-state index in [0.717, 1.165) is 37.3 Å². The van der Waals surface area contributed by atoms with Crippen molar-refractivity contribution in [1.82, 2.24) is 24.5 Å². The largest absolute Gasteiger partial charge is 0.459 e. The van der Waals surface area contributed by atoms with Crippen molar-refractivity contribution in [3.8, 4) is 5.69 Å². The topological polar surface area (TPSA) is 74.8 Å². The average Bonchev–Trinajstić information content (AvgIpc) is 3.61. The van der Waals surface area contributed by atoms with Crippen LogP contribution in [0, 0.1) is 0 Å². The Morgan fingerprint density at radius 2 is 1.81 bits per heavy atom. The number of hydrogen-bond acceptors (Lipinski definition) is 5. The van der Waals surface area contributed by atoms with Crippen molar-refractivity contribution in [3.05, 3.63) is 72.4 Å². The van der Waals surface area contributed by atoms with Gasteiger partial charge in [0, 0.05) is 51.0 Å². The molecule has 2 amide bonds. The fourth-order valence-corrected chi connectivity index (χ4v) is 4.57. The Hall–Kier alpha value is -3.39. The second kappa shape index (κ2) is 9.00. The number of benzene rings is 1. The van der Waals surface area contributed by atoms with Crippen LogP contribution >= 0.6 is 0 Å². The predicted octanol–water partition coefficient (Wildman–Crippen LogP) is 2.41. The molecule has 0 radical (unpaired) electrons. The quantitative estimate of drug-likeness (QED) is 0.618. The summed E-state index contributed by atoms with van der Waals surface area (Å²) in [4.78, 5) is 31.8. The molecule has 0 saturated carbocycles. The standard InChI is InChI=1S/C24H27N5O3/c30-23(21-8-4-10-28(21)24(31)22-9-5-15-32-22)27-13-11-26(12-14-27)17-19-16-25-29(18-19)20-6-2-1-3-7-20/h1-3,5-7,9,15-16,18,21H,4,8,10-14,17H2. The molecule has 8 heteroatoms. The Balaban J connectivity index is 1.16. The van der Waals surface area contributed by atoms with Gasteiger partial charge in [0.05, 0.1) is 18.1 Å². The second-order valence-corrected chi connectivity index (χ2v) is 8.36. The number of piperazine rings is 1. The molecular formula is C24H27N5O3. The van der Waals surface area contributed by atoms with Gasteiger partial charge in [-0.1, -0.05) is 18.2 Å². The molecule has 4 heterocycles. The van der Waals surface area contributed by atoms with E-state index in [-0.39, 0.29) is 17.9 Å². The lowest BCUT2D eigenvalue weighted by Crippen LogP contribution is -2.54. The number of amides is 2. The van der Waals surface area contributed by atoms with Crippen molar-refractivity contribution in [3.63, 3.8) is 0 Å². The van der Waals surface area contributed by atoms with Crippen LogP contribution in [0.4, 0.5) is 0 Å². The third-order valence-corrected chi connectivity index (χ3v) is 6.28. The predicted molar refractivity (Wildman–Crippen MR) is 118 cm³/mol. The summed E-state index contributed by atoms with van der Waals surface area (Å²) in [5, 5.41) is 4.47. The minimum Gasteiger partial charge on any atom is -0.459 e. The molecule has 0 spiro atoms. The van der Waals surface area contributed by atoms with Crippen LogP contribution in [-0.4, -0.2) is 75.1 Å². The summed E-state index contributed by atoms with van der Waals surface area (Å²) in [7, 11) is 0. The maximum Gasteiger partial charge on any atom is 0.290 e. The number of para-hydroxylation sites is 1. The second-order valence-electron chi connectivity index (χ2n) is 8.36. The van der Waals surface area contributed by atoms with E-state index in [0.29, 0.717) is 31.8 Å². The summed E-state index contributed by atoms with van der Waals surface area (Å²) in [5.41, 5.74) is 2.19. The molecule has 166 valence electrons. The molecule has 2 aromatic heterocycles. The van der Waals surface area contributed by atoms with Crippen molar-refractivity contribution in [2.75, 3.05) is 32.7 Å². The van der Waals surface area contributed by atoms with Crippen LogP contribution in [-0.2, 0) is 11.3 Å².